The summed E-state index contributed by atoms with van der Waals surface area (Å²) in [6, 6.07) is 0. The average molecular weight is 196 g/mol. The van der Waals surface area contributed by atoms with Crippen LogP contribution in [0.1, 0.15) is 6.92 Å². The second kappa shape index (κ2) is 3.33. The molecule has 11 heavy (non-hydrogen) atoms. The molecule has 0 aliphatic carbocycles. The fourth-order valence-electron chi connectivity index (χ4n) is 1.17. The van der Waals surface area contributed by atoms with E-state index in [1.54, 1.807) is 0 Å². The van der Waals surface area contributed by atoms with E-state index in [0.29, 0.717) is 0 Å². The molecule has 1 saturated heterocycles. The fraction of sp³-hybridized carbons (Fsp3) is 1.00. The first-order valence-corrected chi connectivity index (χ1v) is 6.42. The van der Waals surface area contributed by atoms with Gasteiger partial charge in [0.15, 0.2) is 9.84 Å². The summed E-state index contributed by atoms with van der Waals surface area (Å²) in [5.41, 5.74) is 0. The second-order valence-corrected chi connectivity index (χ2v) is 6.31. The molecular formula is C6H12O3S2. The molecule has 1 fully saturated rings. The molecular weight excluding hydrogens is 184 g/mol. The topological polar surface area (TPSA) is 54.4 Å². The minimum Gasteiger partial charge on any atom is -0.391 e. The van der Waals surface area contributed by atoms with Gasteiger partial charge in [-0.15, -0.1) is 0 Å². The molecule has 1 aliphatic heterocycles. The van der Waals surface area contributed by atoms with Gasteiger partial charge in [0, 0.05) is 5.25 Å². The Bertz CT molecular complexity index is 222. The van der Waals surface area contributed by atoms with Crippen molar-refractivity contribution >= 4 is 21.6 Å². The van der Waals surface area contributed by atoms with Crippen LogP contribution in [0.25, 0.3) is 0 Å². The van der Waals surface area contributed by atoms with Crippen LogP contribution in [0, 0.1) is 0 Å². The van der Waals surface area contributed by atoms with Crippen molar-refractivity contribution in [1.29, 1.82) is 0 Å². The Balaban J connectivity index is 2.59. The lowest BCUT2D eigenvalue weighted by atomic mass is 10.3. The molecule has 0 amide bonds. The molecule has 1 heterocycles. The van der Waals surface area contributed by atoms with Crippen LogP contribution in [-0.2, 0) is 9.84 Å². The van der Waals surface area contributed by atoms with Gasteiger partial charge in [0.1, 0.15) is 0 Å². The SMILES string of the molecule is CCSC1CS(=O)(=O)CC1O. The van der Waals surface area contributed by atoms with Gasteiger partial charge in [0.2, 0.25) is 0 Å². The predicted octanol–water partition coefficient (Wildman–Crippen LogP) is -0.103. The summed E-state index contributed by atoms with van der Waals surface area (Å²) in [5, 5.41) is 9.16. The van der Waals surface area contributed by atoms with Crippen LogP contribution >= 0.6 is 11.8 Å². The minimum atomic E-state index is -2.94. The molecule has 2 atom stereocenters. The Morgan fingerprint density at radius 3 is 2.55 bits per heavy atom. The highest BCUT2D eigenvalue weighted by atomic mass is 32.2. The molecule has 0 aromatic carbocycles. The zero-order chi connectivity index (χ0) is 8.48. The lowest BCUT2D eigenvalue weighted by Crippen LogP contribution is -2.20. The summed E-state index contributed by atoms with van der Waals surface area (Å²) >= 11 is 1.52. The Kier molecular flexibility index (Phi) is 2.83. The Labute approximate surface area is 71.1 Å². The Morgan fingerprint density at radius 2 is 2.18 bits per heavy atom. The highest BCUT2D eigenvalue weighted by Gasteiger charge is 2.36. The van der Waals surface area contributed by atoms with Gasteiger partial charge in [0.25, 0.3) is 0 Å². The van der Waals surface area contributed by atoms with Crippen LogP contribution in [0.5, 0.6) is 0 Å². The van der Waals surface area contributed by atoms with Crippen LogP contribution in [-0.4, -0.2) is 42.1 Å². The molecule has 1 rings (SSSR count). The summed E-state index contributed by atoms with van der Waals surface area (Å²) in [7, 11) is -2.94. The number of hydrogen-bond donors (Lipinski definition) is 1. The summed E-state index contributed by atoms with van der Waals surface area (Å²) in [6.07, 6.45) is -0.648. The Hall–Kier alpha value is 0.260. The molecule has 0 spiro atoms. The van der Waals surface area contributed by atoms with Crippen molar-refractivity contribution in [2.24, 2.45) is 0 Å². The van der Waals surface area contributed by atoms with Gasteiger partial charge < -0.3 is 5.11 Å². The van der Waals surface area contributed by atoms with E-state index in [4.69, 9.17) is 0 Å². The number of aliphatic hydroxyl groups is 1. The van der Waals surface area contributed by atoms with E-state index in [1.807, 2.05) is 6.92 Å². The molecule has 1 aliphatic rings. The lowest BCUT2D eigenvalue weighted by Gasteiger charge is -2.09. The third kappa shape index (κ3) is 2.35. The van der Waals surface area contributed by atoms with Gasteiger partial charge in [-0.2, -0.15) is 11.8 Å². The van der Waals surface area contributed by atoms with Gasteiger partial charge in [-0.3, -0.25) is 0 Å². The maximum Gasteiger partial charge on any atom is 0.154 e. The van der Waals surface area contributed by atoms with Crippen molar-refractivity contribution in [3.05, 3.63) is 0 Å². The normalized spacial score (nSPS) is 35.8. The summed E-state index contributed by atoms with van der Waals surface area (Å²) in [5.74, 6) is 0.953. The Morgan fingerprint density at radius 1 is 1.55 bits per heavy atom. The van der Waals surface area contributed by atoms with E-state index in [9.17, 15) is 13.5 Å². The predicted molar refractivity (Wildman–Crippen MR) is 46.6 cm³/mol. The van der Waals surface area contributed by atoms with Gasteiger partial charge in [0.05, 0.1) is 17.6 Å². The molecule has 0 bridgehead atoms. The van der Waals surface area contributed by atoms with E-state index < -0.39 is 15.9 Å². The first-order valence-electron chi connectivity index (χ1n) is 3.55. The van der Waals surface area contributed by atoms with Crippen molar-refractivity contribution in [3.63, 3.8) is 0 Å². The van der Waals surface area contributed by atoms with Crippen LogP contribution in [0.4, 0.5) is 0 Å². The highest BCUT2D eigenvalue weighted by molar-refractivity contribution is 8.01. The summed E-state index contributed by atoms with van der Waals surface area (Å²) in [6.45, 7) is 1.96. The molecule has 1 N–H and O–H groups in total. The number of thioether (sulfide) groups is 1. The number of hydrogen-bond acceptors (Lipinski definition) is 4. The second-order valence-electron chi connectivity index (χ2n) is 2.64. The third-order valence-electron chi connectivity index (χ3n) is 1.65. The van der Waals surface area contributed by atoms with E-state index in [1.165, 1.54) is 11.8 Å². The largest absolute Gasteiger partial charge is 0.391 e. The number of aliphatic hydroxyl groups excluding tert-OH is 1. The third-order valence-corrected chi connectivity index (χ3v) is 4.82. The summed E-state index contributed by atoms with van der Waals surface area (Å²) in [4.78, 5) is 0. The van der Waals surface area contributed by atoms with Crippen molar-refractivity contribution < 1.29 is 13.5 Å². The van der Waals surface area contributed by atoms with E-state index in [0.717, 1.165) is 5.75 Å². The van der Waals surface area contributed by atoms with E-state index in [-0.39, 0.29) is 16.8 Å². The summed E-state index contributed by atoms with van der Waals surface area (Å²) < 4.78 is 21.9. The van der Waals surface area contributed by atoms with Crippen molar-refractivity contribution in [1.82, 2.24) is 0 Å². The maximum atomic E-state index is 11.0. The smallest absolute Gasteiger partial charge is 0.154 e. The minimum absolute atomic E-state index is 0.0509. The molecule has 66 valence electrons. The first-order chi connectivity index (χ1) is 5.05. The molecule has 3 nitrogen and oxygen atoms in total. The maximum absolute atomic E-state index is 11.0. The molecule has 5 heteroatoms. The molecule has 0 radical (unpaired) electrons. The van der Waals surface area contributed by atoms with Crippen LogP contribution in [0.3, 0.4) is 0 Å². The zero-order valence-corrected chi connectivity index (χ0v) is 7.99. The number of rotatable bonds is 2. The average Bonchev–Trinajstić information content (AvgIpc) is 2.07. The van der Waals surface area contributed by atoms with Crippen molar-refractivity contribution in [2.75, 3.05) is 17.3 Å². The molecule has 0 aromatic rings. The molecule has 0 saturated carbocycles. The van der Waals surface area contributed by atoms with Gasteiger partial charge in [-0.1, -0.05) is 6.92 Å². The first kappa shape index (κ1) is 9.35. The van der Waals surface area contributed by atoms with E-state index in [2.05, 4.69) is 0 Å². The van der Waals surface area contributed by atoms with Crippen molar-refractivity contribution in [2.45, 2.75) is 18.3 Å². The quantitative estimate of drug-likeness (QED) is 0.670. The lowest BCUT2D eigenvalue weighted by molar-refractivity contribution is 0.207. The van der Waals surface area contributed by atoms with Gasteiger partial charge in [-0.05, 0) is 5.75 Å². The van der Waals surface area contributed by atoms with Crippen LogP contribution < -0.4 is 0 Å². The van der Waals surface area contributed by atoms with Crippen LogP contribution in [0.2, 0.25) is 0 Å². The highest BCUT2D eigenvalue weighted by Crippen LogP contribution is 2.24. The zero-order valence-electron chi connectivity index (χ0n) is 6.36. The fourth-order valence-corrected chi connectivity index (χ4v) is 4.66. The van der Waals surface area contributed by atoms with Gasteiger partial charge >= 0.3 is 0 Å². The molecule has 0 aromatic heterocycles. The monoisotopic (exact) mass is 196 g/mol. The standard InChI is InChI=1S/C6H12O3S2/c1-2-10-6-4-11(8,9)3-5(6)7/h5-7H,2-4H2,1H3. The molecule has 2 unspecified atom stereocenters. The van der Waals surface area contributed by atoms with Crippen molar-refractivity contribution in [3.8, 4) is 0 Å². The van der Waals surface area contributed by atoms with Crippen LogP contribution in [0.15, 0.2) is 0 Å². The number of sulfone groups is 1. The van der Waals surface area contributed by atoms with Gasteiger partial charge in [-0.25, -0.2) is 8.42 Å². The van der Waals surface area contributed by atoms with E-state index >= 15 is 0 Å².